The highest BCUT2D eigenvalue weighted by molar-refractivity contribution is 5.90. The van der Waals surface area contributed by atoms with E-state index in [2.05, 4.69) is 26.7 Å². The molecule has 2 aliphatic rings. The number of nitriles is 1. The van der Waals surface area contributed by atoms with Gasteiger partial charge in [0.2, 0.25) is 5.91 Å². The van der Waals surface area contributed by atoms with E-state index in [4.69, 9.17) is 4.98 Å². The molecule has 1 saturated carbocycles. The van der Waals surface area contributed by atoms with Crippen LogP contribution >= 0.6 is 0 Å². The molecule has 0 unspecified atom stereocenters. The number of aromatic nitrogens is 3. The van der Waals surface area contributed by atoms with E-state index in [1.165, 1.54) is 12.5 Å². The maximum atomic E-state index is 11.4. The van der Waals surface area contributed by atoms with Crippen molar-refractivity contribution in [2.75, 3.05) is 22.1 Å². The van der Waals surface area contributed by atoms with Gasteiger partial charge in [-0.1, -0.05) is 6.07 Å². The number of amides is 1. The lowest BCUT2D eigenvalue weighted by Crippen LogP contribution is -2.17. The molecule has 2 aromatic heterocycles. The summed E-state index contributed by atoms with van der Waals surface area (Å²) >= 11 is 0. The van der Waals surface area contributed by atoms with Crippen LogP contribution in [-0.4, -0.2) is 33.1 Å². The zero-order valence-electron chi connectivity index (χ0n) is 15.4. The SMILES string of the molecule is CC(=O)Nc1ccc2c(c1)N(c1cc(NC3CC3)n3ncc(C#N)c3n1)CC2. The monoisotopic (exact) mass is 373 g/mol. The van der Waals surface area contributed by atoms with E-state index in [0.717, 1.165) is 48.8 Å². The normalized spacial score (nSPS) is 15.4. The lowest BCUT2D eigenvalue weighted by molar-refractivity contribution is -0.114. The van der Waals surface area contributed by atoms with E-state index in [1.54, 1.807) is 10.7 Å². The number of hydrogen-bond acceptors (Lipinski definition) is 6. The highest BCUT2D eigenvalue weighted by Crippen LogP contribution is 2.37. The van der Waals surface area contributed by atoms with E-state index in [1.807, 2.05) is 24.3 Å². The molecule has 140 valence electrons. The molecule has 1 aromatic carbocycles. The number of benzene rings is 1. The second-order valence-electron chi connectivity index (χ2n) is 7.25. The minimum atomic E-state index is -0.0992. The van der Waals surface area contributed by atoms with E-state index in [0.29, 0.717) is 17.3 Å². The Morgan fingerprint density at radius 2 is 2.18 bits per heavy atom. The number of carbonyl (C=O) groups excluding carboxylic acids is 1. The average Bonchev–Trinajstić information content (AvgIpc) is 3.24. The van der Waals surface area contributed by atoms with Crippen LogP contribution in [0.15, 0.2) is 30.5 Å². The molecule has 3 aromatic rings. The van der Waals surface area contributed by atoms with Crippen LogP contribution in [0.5, 0.6) is 0 Å². The zero-order chi connectivity index (χ0) is 19.3. The van der Waals surface area contributed by atoms with Crippen molar-refractivity contribution in [3.8, 4) is 6.07 Å². The first kappa shape index (κ1) is 16.6. The lowest BCUT2D eigenvalue weighted by atomic mass is 10.1. The van der Waals surface area contributed by atoms with Crippen molar-refractivity contribution < 1.29 is 4.79 Å². The minimum Gasteiger partial charge on any atom is -0.367 e. The largest absolute Gasteiger partial charge is 0.367 e. The van der Waals surface area contributed by atoms with Gasteiger partial charge in [0, 0.05) is 37.0 Å². The van der Waals surface area contributed by atoms with Gasteiger partial charge in [0.15, 0.2) is 5.65 Å². The summed E-state index contributed by atoms with van der Waals surface area (Å²) in [6.45, 7) is 2.29. The predicted octanol–water partition coefficient (Wildman–Crippen LogP) is 2.83. The van der Waals surface area contributed by atoms with Crippen LogP contribution in [0.25, 0.3) is 5.65 Å². The first-order valence-electron chi connectivity index (χ1n) is 9.36. The van der Waals surface area contributed by atoms with Crippen LogP contribution in [0.2, 0.25) is 0 Å². The third-order valence-electron chi connectivity index (χ3n) is 5.09. The van der Waals surface area contributed by atoms with E-state index in [-0.39, 0.29) is 5.91 Å². The van der Waals surface area contributed by atoms with Crippen molar-refractivity contribution in [3.05, 3.63) is 41.6 Å². The molecule has 8 nitrogen and oxygen atoms in total. The van der Waals surface area contributed by atoms with Crippen molar-refractivity contribution in [1.29, 1.82) is 5.26 Å². The molecule has 0 radical (unpaired) electrons. The first-order valence-corrected chi connectivity index (χ1v) is 9.36. The molecule has 0 bridgehead atoms. The molecular weight excluding hydrogens is 354 g/mol. The molecule has 5 rings (SSSR count). The summed E-state index contributed by atoms with van der Waals surface area (Å²) in [7, 11) is 0. The summed E-state index contributed by atoms with van der Waals surface area (Å²) < 4.78 is 1.70. The van der Waals surface area contributed by atoms with Crippen LogP contribution in [0, 0.1) is 11.3 Å². The Balaban J connectivity index is 1.60. The van der Waals surface area contributed by atoms with Gasteiger partial charge in [-0.3, -0.25) is 4.79 Å². The van der Waals surface area contributed by atoms with Crippen LogP contribution in [0.4, 0.5) is 23.0 Å². The molecule has 1 aliphatic heterocycles. The Morgan fingerprint density at radius 3 is 2.93 bits per heavy atom. The van der Waals surface area contributed by atoms with Gasteiger partial charge in [-0.25, -0.2) is 4.98 Å². The maximum absolute atomic E-state index is 11.4. The first-order chi connectivity index (χ1) is 13.6. The van der Waals surface area contributed by atoms with Gasteiger partial charge in [-0.15, -0.1) is 0 Å². The molecule has 0 atom stereocenters. The van der Waals surface area contributed by atoms with Crippen molar-refractivity contribution in [1.82, 2.24) is 14.6 Å². The van der Waals surface area contributed by atoms with Gasteiger partial charge in [0.25, 0.3) is 0 Å². The summed E-state index contributed by atoms with van der Waals surface area (Å²) in [5, 5.41) is 20.1. The van der Waals surface area contributed by atoms with Crippen molar-refractivity contribution in [3.63, 3.8) is 0 Å². The Kier molecular flexibility index (Phi) is 3.69. The lowest BCUT2D eigenvalue weighted by Gasteiger charge is -2.20. The second-order valence-corrected chi connectivity index (χ2v) is 7.25. The van der Waals surface area contributed by atoms with Gasteiger partial charge in [-0.2, -0.15) is 14.9 Å². The maximum Gasteiger partial charge on any atom is 0.221 e. The number of anilines is 4. The van der Waals surface area contributed by atoms with E-state index < -0.39 is 0 Å². The van der Waals surface area contributed by atoms with Crippen molar-refractivity contribution >= 4 is 34.6 Å². The Morgan fingerprint density at radius 1 is 1.32 bits per heavy atom. The summed E-state index contributed by atoms with van der Waals surface area (Å²) in [5.41, 5.74) is 4.00. The molecule has 28 heavy (non-hydrogen) atoms. The quantitative estimate of drug-likeness (QED) is 0.730. The van der Waals surface area contributed by atoms with E-state index >= 15 is 0 Å². The number of rotatable bonds is 4. The third-order valence-corrected chi connectivity index (χ3v) is 5.09. The fourth-order valence-electron chi connectivity index (χ4n) is 3.61. The molecule has 0 spiro atoms. The van der Waals surface area contributed by atoms with Gasteiger partial charge >= 0.3 is 0 Å². The number of nitrogens with one attached hydrogen (secondary N) is 2. The molecule has 1 amide bonds. The summed E-state index contributed by atoms with van der Waals surface area (Å²) in [5.74, 6) is 1.51. The van der Waals surface area contributed by atoms with E-state index in [9.17, 15) is 10.1 Å². The molecule has 8 heteroatoms. The highest BCUT2D eigenvalue weighted by Gasteiger charge is 2.26. The smallest absolute Gasteiger partial charge is 0.221 e. The highest BCUT2D eigenvalue weighted by atomic mass is 16.1. The summed E-state index contributed by atoms with van der Waals surface area (Å²) in [6.07, 6.45) is 4.73. The summed E-state index contributed by atoms with van der Waals surface area (Å²) in [6, 6.07) is 10.6. The Hall–Kier alpha value is -3.60. The molecule has 1 fully saturated rings. The fraction of sp³-hybridized carbons (Fsp3) is 0.300. The summed E-state index contributed by atoms with van der Waals surface area (Å²) in [4.78, 5) is 18.3. The van der Waals surface area contributed by atoms with Crippen molar-refractivity contribution in [2.24, 2.45) is 0 Å². The predicted molar refractivity (Wildman–Crippen MR) is 106 cm³/mol. The molecule has 2 N–H and O–H groups in total. The number of nitrogens with zero attached hydrogens (tertiary/aromatic N) is 5. The zero-order valence-corrected chi connectivity index (χ0v) is 15.4. The fourth-order valence-corrected chi connectivity index (χ4v) is 3.61. The molecule has 1 aliphatic carbocycles. The standard InChI is InChI=1S/C20H19N7O/c1-12(28)23-16-3-2-13-6-7-26(17(13)8-16)18-9-19(24-15-4-5-15)27-20(25-18)14(10-21)11-22-27/h2-3,8-9,11,15,24H,4-7H2,1H3,(H,23,28). The average molecular weight is 373 g/mol. The number of hydrogen-bond donors (Lipinski definition) is 2. The minimum absolute atomic E-state index is 0.0992. The molecular formula is C20H19N7O. The second kappa shape index (κ2) is 6.23. The van der Waals surface area contributed by atoms with Gasteiger partial charge in [0.1, 0.15) is 23.3 Å². The van der Waals surface area contributed by atoms with Gasteiger partial charge in [0.05, 0.1) is 6.20 Å². The topological polar surface area (TPSA) is 98.4 Å². The molecule has 3 heterocycles. The number of fused-ring (bicyclic) bond motifs is 2. The van der Waals surface area contributed by atoms with Crippen LogP contribution in [-0.2, 0) is 11.2 Å². The Labute approximate surface area is 161 Å². The van der Waals surface area contributed by atoms with Crippen LogP contribution in [0.3, 0.4) is 0 Å². The van der Waals surface area contributed by atoms with Crippen LogP contribution in [0.1, 0.15) is 30.9 Å². The number of carbonyl (C=O) groups is 1. The van der Waals surface area contributed by atoms with Crippen LogP contribution < -0.4 is 15.5 Å². The third kappa shape index (κ3) is 2.81. The van der Waals surface area contributed by atoms with Gasteiger partial charge in [-0.05, 0) is 37.0 Å². The van der Waals surface area contributed by atoms with Gasteiger partial charge < -0.3 is 15.5 Å². The Bertz CT molecular complexity index is 1140. The molecule has 0 saturated heterocycles. The van der Waals surface area contributed by atoms with Crippen molar-refractivity contribution in [2.45, 2.75) is 32.2 Å².